The molecule has 0 aromatic carbocycles. The van der Waals surface area contributed by atoms with E-state index in [0.29, 0.717) is 0 Å². The van der Waals surface area contributed by atoms with Gasteiger partial charge in [-0.05, 0) is 18.4 Å². The molecule has 4 nitrogen and oxygen atoms in total. The van der Waals surface area contributed by atoms with Crippen molar-refractivity contribution in [3.05, 3.63) is 24.5 Å². The van der Waals surface area contributed by atoms with E-state index in [0.717, 1.165) is 12.7 Å². The number of carboxylic acid groups (broad SMARTS) is 1. The third-order valence-electron chi connectivity index (χ3n) is 2.06. The molecule has 0 amide bonds. The highest BCUT2D eigenvalue weighted by molar-refractivity contribution is 5.73. The van der Waals surface area contributed by atoms with E-state index < -0.39 is 12.0 Å². The fraction of sp³-hybridized carbons (Fsp3) is 0.615. The summed E-state index contributed by atoms with van der Waals surface area (Å²) in [6.07, 6.45) is 10.1. The number of allylic oxidation sites excluding steroid dienone is 3. The van der Waals surface area contributed by atoms with Gasteiger partial charge in [0, 0.05) is 0 Å². The first kappa shape index (κ1) is 18.1. The molecule has 0 aliphatic rings. The summed E-state index contributed by atoms with van der Waals surface area (Å²) in [6.45, 7) is 5.72. The van der Waals surface area contributed by atoms with E-state index in [2.05, 4.69) is 13.0 Å². The van der Waals surface area contributed by atoms with Crippen molar-refractivity contribution < 1.29 is 15.0 Å². The molecular formula is C13H25NO3. The monoisotopic (exact) mass is 243 g/mol. The fourth-order valence-corrected chi connectivity index (χ4v) is 0.832. The van der Waals surface area contributed by atoms with Gasteiger partial charge in [-0.15, -0.1) is 0 Å². The maximum Gasteiger partial charge on any atom is 0.320 e. The van der Waals surface area contributed by atoms with Crippen molar-refractivity contribution in [3.8, 4) is 0 Å². The van der Waals surface area contributed by atoms with Crippen LogP contribution >= 0.6 is 0 Å². The van der Waals surface area contributed by atoms with Crippen LogP contribution < -0.4 is 5.73 Å². The number of nitrogens with two attached hydrogens (primary N) is 1. The van der Waals surface area contributed by atoms with Crippen molar-refractivity contribution in [1.29, 1.82) is 0 Å². The number of hydrogen-bond acceptors (Lipinski definition) is 3. The Balaban J connectivity index is 0. The Kier molecular flexibility index (Phi) is 13.6. The van der Waals surface area contributed by atoms with Gasteiger partial charge in [-0.2, -0.15) is 0 Å². The van der Waals surface area contributed by atoms with Gasteiger partial charge in [0.2, 0.25) is 0 Å². The second-order valence-electron chi connectivity index (χ2n) is 4.02. The third kappa shape index (κ3) is 14.7. The number of aliphatic carboxylic acids is 1. The molecule has 0 saturated heterocycles. The van der Waals surface area contributed by atoms with E-state index in [-0.39, 0.29) is 5.92 Å². The lowest BCUT2D eigenvalue weighted by molar-refractivity contribution is -0.139. The number of unbranched alkanes of at least 4 members (excludes halogenated alkanes) is 2. The maximum atomic E-state index is 10.0. The molecule has 0 rings (SSSR count). The van der Waals surface area contributed by atoms with Crippen molar-refractivity contribution >= 4 is 5.97 Å². The first-order chi connectivity index (χ1) is 7.97. The van der Waals surface area contributed by atoms with Gasteiger partial charge in [-0.3, -0.25) is 4.79 Å². The largest absolute Gasteiger partial charge is 0.516 e. The van der Waals surface area contributed by atoms with E-state index in [4.69, 9.17) is 15.9 Å². The van der Waals surface area contributed by atoms with Crippen LogP contribution in [0.3, 0.4) is 0 Å². The standard InChI is InChI=1S/C8H14O.C5H11NO2/c1-2-3-4-5-6-7-8-9;1-3(2)4(6)5(7)8/h5-9H,2-4H2,1H3;3-4H,6H2,1-2H3,(H,7,8)/b6-5+,8-7+;/t;4-/m.0/s1. The van der Waals surface area contributed by atoms with Crippen LogP contribution in [0.5, 0.6) is 0 Å². The zero-order valence-electron chi connectivity index (χ0n) is 11.0. The minimum atomic E-state index is -0.931. The SMILES string of the molecule is CC(C)[C@H](N)C(=O)O.CCCC/C=C/C=C/O. The second kappa shape index (κ2) is 12.8. The lowest BCUT2D eigenvalue weighted by Gasteiger charge is -2.07. The molecule has 0 aromatic rings. The summed E-state index contributed by atoms with van der Waals surface area (Å²) in [4.78, 5) is 10.0. The van der Waals surface area contributed by atoms with Crippen LogP contribution in [0.1, 0.15) is 40.0 Å². The minimum Gasteiger partial charge on any atom is -0.516 e. The highest BCUT2D eigenvalue weighted by Gasteiger charge is 2.14. The fourth-order valence-electron chi connectivity index (χ4n) is 0.832. The lowest BCUT2D eigenvalue weighted by Crippen LogP contribution is -2.34. The summed E-state index contributed by atoms with van der Waals surface area (Å²) in [7, 11) is 0. The lowest BCUT2D eigenvalue weighted by atomic mass is 10.1. The van der Waals surface area contributed by atoms with Crippen molar-refractivity contribution in [2.45, 2.75) is 46.1 Å². The van der Waals surface area contributed by atoms with Crippen LogP contribution in [0.15, 0.2) is 24.5 Å². The first-order valence-corrected chi connectivity index (χ1v) is 5.91. The van der Waals surface area contributed by atoms with E-state index >= 15 is 0 Å². The summed E-state index contributed by atoms with van der Waals surface area (Å²) in [5, 5.41) is 16.4. The molecule has 4 N–H and O–H groups in total. The molecule has 0 saturated carbocycles. The van der Waals surface area contributed by atoms with Gasteiger partial charge in [-0.1, -0.05) is 45.8 Å². The summed E-state index contributed by atoms with van der Waals surface area (Å²) < 4.78 is 0. The molecule has 0 radical (unpaired) electrons. The quantitative estimate of drug-likeness (QED) is 0.380. The third-order valence-corrected chi connectivity index (χ3v) is 2.06. The molecule has 0 heterocycles. The van der Waals surface area contributed by atoms with Crippen LogP contribution in [-0.2, 0) is 4.79 Å². The van der Waals surface area contributed by atoms with Gasteiger partial charge in [0.15, 0.2) is 0 Å². The normalized spacial score (nSPS) is 12.8. The molecular weight excluding hydrogens is 218 g/mol. The molecule has 0 aliphatic carbocycles. The second-order valence-corrected chi connectivity index (χ2v) is 4.02. The van der Waals surface area contributed by atoms with Gasteiger partial charge in [0.25, 0.3) is 0 Å². The topological polar surface area (TPSA) is 83.6 Å². The number of carboxylic acids is 1. The number of rotatable bonds is 6. The summed E-state index contributed by atoms with van der Waals surface area (Å²) in [6, 6.07) is -0.713. The average Bonchev–Trinajstić information content (AvgIpc) is 2.28. The molecule has 0 spiro atoms. The van der Waals surface area contributed by atoms with Gasteiger partial charge in [-0.25, -0.2) is 0 Å². The smallest absolute Gasteiger partial charge is 0.320 e. The molecule has 1 atom stereocenters. The highest BCUT2D eigenvalue weighted by Crippen LogP contribution is 1.96. The Bertz CT molecular complexity index is 235. The van der Waals surface area contributed by atoms with Gasteiger partial charge in [0.05, 0.1) is 6.26 Å². The highest BCUT2D eigenvalue weighted by atomic mass is 16.4. The Morgan fingerprint density at radius 1 is 1.35 bits per heavy atom. The van der Waals surface area contributed by atoms with Gasteiger partial charge >= 0.3 is 5.97 Å². The van der Waals surface area contributed by atoms with Crippen molar-refractivity contribution in [1.82, 2.24) is 0 Å². The van der Waals surface area contributed by atoms with E-state index in [1.165, 1.54) is 12.8 Å². The number of carbonyl (C=O) groups is 1. The number of aliphatic hydroxyl groups is 1. The summed E-state index contributed by atoms with van der Waals surface area (Å²) >= 11 is 0. The van der Waals surface area contributed by atoms with Gasteiger partial charge in [0.1, 0.15) is 6.04 Å². The molecule has 0 aromatic heterocycles. The first-order valence-electron chi connectivity index (χ1n) is 5.91. The molecule has 0 bridgehead atoms. The van der Waals surface area contributed by atoms with Crippen LogP contribution in [0, 0.1) is 5.92 Å². The molecule has 100 valence electrons. The molecule has 0 unspecified atom stereocenters. The predicted molar refractivity (Wildman–Crippen MR) is 70.9 cm³/mol. The molecule has 17 heavy (non-hydrogen) atoms. The van der Waals surface area contributed by atoms with Crippen molar-refractivity contribution in [3.63, 3.8) is 0 Å². The molecule has 4 heteroatoms. The average molecular weight is 243 g/mol. The van der Waals surface area contributed by atoms with E-state index in [1.807, 2.05) is 6.08 Å². The van der Waals surface area contributed by atoms with Crippen LogP contribution in [0.4, 0.5) is 0 Å². The van der Waals surface area contributed by atoms with Crippen LogP contribution in [0.25, 0.3) is 0 Å². The van der Waals surface area contributed by atoms with Crippen molar-refractivity contribution in [2.24, 2.45) is 11.7 Å². The maximum absolute atomic E-state index is 10.0. The zero-order chi connectivity index (χ0) is 13.7. The Labute approximate surface area is 104 Å². The Morgan fingerprint density at radius 2 is 1.94 bits per heavy atom. The predicted octanol–water partition coefficient (Wildman–Crippen LogP) is 2.86. The van der Waals surface area contributed by atoms with Crippen molar-refractivity contribution in [2.75, 3.05) is 0 Å². The minimum absolute atomic E-state index is 0.0208. The Morgan fingerprint density at radius 3 is 2.24 bits per heavy atom. The van der Waals surface area contributed by atoms with E-state index in [9.17, 15) is 4.79 Å². The van der Waals surface area contributed by atoms with Crippen LogP contribution in [-0.4, -0.2) is 22.2 Å². The molecule has 0 aliphatic heterocycles. The summed E-state index contributed by atoms with van der Waals surface area (Å²) in [5.74, 6) is -0.910. The van der Waals surface area contributed by atoms with Gasteiger partial charge < -0.3 is 15.9 Å². The van der Waals surface area contributed by atoms with Crippen LogP contribution in [0.2, 0.25) is 0 Å². The number of hydrogen-bond donors (Lipinski definition) is 3. The number of aliphatic hydroxyl groups excluding tert-OH is 1. The zero-order valence-corrected chi connectivity index (χ0v) is 11.0. The summed E-state index contributed by atoms with van der Waals surface area (Å²) in [5.41, 5.74) is 5.16. The Hall–Kier alpha value is -1.29. The molecule has 0 fully saturated rings. The van der Waals surface area contributed by atoms with E-state index in [1.54, 1.807) is 19.9 Å².